The molecule has 3 fully saturated rings. The Labute approximate surface area is 206 Å². The van der Waals surface area contributed by atoms with Crippen molar-refractivity contribution < 1.29 is 14.3 Å². The van der Waals surface area contributed by atoms with E-state index in [0.717, 1.165) is 55.5 Å². The minimum absolute atomic E-state index is 0.203. The predicted octanol–water partition coefficient (Wildman–Crippen LogP) is 2.97. The van der Waals surface area contributed by atoms with Gasteiger partial charge in [-0.15, -0.1) is 0 Å². The maximum atomic E-state index is 11.9. The third-order valence-electron chi connectivity index (χ3n) is 7.74. The monoisotopic (exact) mass is 478 g/mol. The molecule has 2 aromatic rings. The lowest BCUT2D eigenvalue weighted by molar-refractivity contribution is -0.0857. The highest BCUT2D eigenvalue weighted by molar-refractivity contribution is 5.89. The molecule has 1 aromatic heterocycles. The molecule has 3 saturated heterocycles. The van der Waals surface area contributed by atoms with Crippen molar-refractivity contribution in [1.82, 2.24) is 20.2 Å². The first kappa shape index (κ1) is 22.7. The third-order valence-corrected chi connectivity index (χ3v) is 7.74. The average molecular weight is 479 g/mol. The first-order valence-corrected chi connectivity index (χ1v) is 12.9. The van der Waals surface area contributed by atoms with Crippen LogP contribution in [0.5, 0.6) is 0 Å². The Morgan fingerprint density at radius 3 is 2.63 bits per heavy atom. The largest absolute Gasteiger partial charge is 0.378 e. The summed E-state index contributed by atoms with van der Waals surface area (Å²) in [7, 11) is 0. The number of hydrogen-bond donors (Lipinski definition) is 2. The molecule has 9 heteroatoms. The number of hydrogen-bond acceptors (Lipinski definition) is 7. The summed E-state index contributed by atoms with van der Waals surface area (Å²) in [5.74, 6) is 1.82. The van der Waals surface area contributed by atoms with Gasteiger partial charge in [0.15, 0.2) is 5.82 Å². The van der Waals surface area contributed by atoms with Crippen LogP contribution >= 0.6 is 0 Å². The molecule has 35 heavy (non-hydrogen) atoms. The summed E-state index contributed by atoms with van der Waals surface area (Å²) in [5, 5.41) is 5.61. The van der Waals surface area contributed by atoms with Crippen molar-refractivity contribution >= 4 is 17.5 Å². The second kappa shape index (κ2) is 9.37. The molecule has 9 nitrogen and oxygen atoms in total. The molecule has 6 rings (SSSR count). The van der Waals surface area contributed by atoms with Gasteiger partial charge in [-0.1, -0.05) is 0 Å². The lowest BCUT2D eigenvalue weighted by Crippen LogP contribution is -2.54. The van der Waals surface area contributed by atoms with Crippen LogP contribution in [0.1, 0.15) is 44.0 Å². The van der Waals surface area contributed by atoms with Gasteiger partial charge in [0.2, 0.25) is 0 Å². The summed E-state index contributed by atoms with van der Waals surface area (Å²) in [6.07, 6.45) is 3.31. The van der Waals surface area contributed by atoms with Crippen LogP contribution in [0.2, 0.25) is 0 Å². The fourth-order valence-electron chi connectivity index (χ4n) is 6.00. The van der Waals surface area contributed by atoms with E-state index in [9.17, 15) is 4.79 Å². The van der Waals surface area contributed by atoms with Crippen LogP contribution in [0.3, 0.4) is 0 Å². The molecule has 0 unspecified atom stereocenters. The van der Waals surface area contributed by atoms with Crippen LogP contribution in [0.25, 0.3) is 11.4 Å². The van der Waals surface area contributed by atoms with Gasteiger partial charge in [-0.2, -0.15) is 0 Å². The molecular formula is C26H34N6O3. The molecule has 2 amide bonds. The topological polar surface area (TPSA) is 91.9 Å². The normalized spacial score (nSPS) is 26.2. The molecule has 186 valence electrons. The van der Waals surface area contributed by atoms with Crippen molar-refractivity contribution in [2.45, 2.75) is 57.3 Å². The number of anilines is 2. The van der Waals surface area contributed by atoms with E-state index in [2.05, 4.69) is 27.4 Å². The number of nitrogens with zero attached hydrogens (tertiary/aromatic N) is 4. The van der Waals surface area contributed by atoms with Gasteiger partial charge >= 0.3 is 6.03 Å². The van der Waals surface area contributed by atoms with Crippen molar-refractivity contribution in [3.63, 3.8) is 0 Å². The zero-order valence-corrected chi connectivity index (χ0v) is 20.5. The molecular weight excluding hydrogens is 444 g/mol. The second-order valence-corrected chi connectivity index (χ2v) is 10.00. The number of rotatable bonds is 5. The predicted molar refractivity (Wildman–Crippen MR) is 134 cm³/mol. The molecule has 0 spiro atoms. The Hall–Kier alpha value is -2.75. The average Bonchev–Trinajstić information content (AvgIpc) is 3.10. The SMILES string of the molecule is CCNC(=O)Nc1ccc(-c2nc3c(c(N4CCOC[C@@H]4C)n2)[C@@H]2CC[C@H](C3)N2C2COC2)cc1. The number of morpholine rings is 1. The molecule has 1 aromatic carbocycles. The van der Waals surface area contributed by atoms with Gasteiger partial charge in [0, 0.05) is 48.4 Å². The maximum Gasteiger partial charge on any atom is 0.319 e. The van der Waals surface area contributed by atoms with Crippen molar-refractivity contribution in [3.8, 4) is 11.4 Å². The summed E-state index contributed by atoms with van der Waals surface area (Å²) < 4.78 is 11.3. The van der Waals surface area contributed by atoms with Crippen LogP contribution in [-0.4, -0.2) is 78.5 Å². The van der Waals surface area contributed by atoms with E-state index in [4.69, 9.17) is 19.4 Å². The van der Waals surface area contributed by atoms with Gasteiger partial charge in [0.1, 0.15) is 5.82 Å². The van der Waals surface area contributed by atoms with Gasteiger partial charge in [-0.3, -0.25) is 4.90 Å². The maximum absolute atomic E-state index is 11.9. The van der Waals surface area contributed by atoms with Crippen LogP contribution in [0.4, 0.5) is 16.3 Å². The lowest BCUT2D eigenvalue weighted by Gasteiger charge is -2.46. The van der Waals surface area contributed by atoms with Crippen LogP contribution in [-0.2, 0) is 15.9 Å². The molecule has 5 heterocycles. The Kier molecular flexibility index (Phi) is 6.07. The zero-order valence-electron chi connectivity index (χ0n) is 20.5. The Bertz CT molecular complexity index is 1090. The van der Waals surface area contributed by atoms with E-state index in [-0.39, 0.29) is 12.1 Å². The van der Waals surface area contributed by atoms with E-state index < -0.39 is 0 Å². The summed E-state index contributed by atoms with van der Waals surface area (Å²) in [4.78, 5) is 27.3. The van der Waals surface area contributed by atoms with Crippen molar-refractivity contribution in [2.75, 3.05) is 49.7 Å². The molecule has 0 radical (unpaired) electrons. The van der Waals surface area contributed by atoms with Crippen molar-refractivity contribution in [2.24, 2.45) is 0 Å². The summed E-state index contributed by atoms with van der Waals surface area (Å²) in [6.45, 7) is 8.63. The molecule has 0 saturated carbocycles. The Morgan fingerprint density at radius 2 is 1.91 bits per heavy atom. The number of carbonyl (C=O) groups excluding carboxylic acids is 1. The molecule has 3 atom stereocenters. The molecule has 4 aliphatic heterocycles. The molecule has 2 N–H and O–H groups in total. The smallest absolute Gasteiger partial charge is 0.319 e. The number of amides is 2. The van der Waals surface area contributed by atoms with Gasteiger partial charge in [-0.05, 0) is 51.0 Å². The molecule has 4 aliphatic rings. The minimum atomic E-state index is -0.203. The van der Waals surface area contributed by atoms with Crippen molar-refractivity contribution in [1.29, 1.82) is 0 Å². The van der Waals surface area contributed by atoms with Crippen LogP contribution < -0.4 is 15.5 Å². The van der Waals surface area contributed by atoms with Gasteiger partial charge < -0.3 is 25.0 Å². The van der Waals surface area contributed by atoms with Gasteiger partial charge in [0.05, 0.1) is 44.2 Å². The number of urea groups is 1. The minimum Gasteiger partial charge on any atom is -0.378 e. The lowest BCUT2D eigenvalue weighted by atomic mass is 9.94. The Morgan fingerprint density at radius 1 is 1.09 bits per heavy atom. The third kappa shape index (κ3) is 4.15. The second-order valence-electron chi connectivity index (χ2n) is 10.00. The highest BCUT2D eigenvalue weighted by atomic mass is 16.5. The fourth-order valence-corrected chi connectivity index (χ4v) is 6.00. The number of carbonyl (C=O) groups is 1. The van der Waals surface area contributed by atoms with Gasteiger partial charge in [0.25, 0.3) is 0 Å². The van der Waals surface area contributed by atoms with E-state index in [1.54, 1.807) is 0 Å². The number of ether oxygens (including phenoxy) is 2. The van der Waals surface area contributed by atoms with E-state index in [0.29, 0.717) is 37.9 Å². The first-order valence-electron chi connectivity index (χ1n) is 12.9. The standard InChI is InChI=1S/C26H34N6O3/c1-3-27-26(33)28-18-6-4-17(5-7-18)24-29-21-12-19-8-9-22(32(19)20-14-35-15-20)23(21)25(30-24)31-10-11-34-13-16(31)2/h4-7,16,19-20,22H,3,8-15H2,1-2H3,(H2,27,28,33)/t16-,19+,22-/m0/s1. The van der Waals surface area contributed by atoms with E-state index in [1.165, 1.54) is 17.7 Å². The van der Waals surface area contributed by atoms with Crippen molar-refractivity contribution in [3.05, 3.63) is 35.5 Å². The fraction of sp³-hybridized carbons (Fsp3) is 0.577. The number of benzene rings is 1. The molecule has 0 aliphatic carbocycles. The molecule has 2 bridgehead atoms. The zero-order chi connectivity index (χ0) is 23.9. The highest BCUT2D eigenvalue weighted by Crippen LogP contribution is 2.49. The van der Waals surface area contributed by atoms with Gasteiger partial charge in [-0.25, -0.2) is 14.8 Å². The van der Waals surface area contributed by atoms with E-state index >= 15 is 0 Å². The summed E-state index contributed by atoms with van der Waals surface area (Å²) >= 11 is 0. The highest BCUT2D eigenvalue weighted by Gasteiger charge is 2.48. The summed E-state index contributed by atoms with van der Waals surface area (Å²) in [5.41, 5.74) is 4.21. The Balaban J connectivity index is 1.37. The first-order chi connectivity index (χ1) is 17.1. The number of aromatic nitrogens is 2. The van der Waals surface area contributed by atoms with E-state index in [1.807, 2.05) is 31.2 Å². The quantitative estimate of drug-likeness (QED) is 0.683. The number of fused-ring (bicyclic) bond motifs is 4. The van der Waals surface area contributed by atoms with Crippen LogP contribution in [0, 0.1) is 0 Å². The number of nitrogens with one attached hydrogen (secondary N) is 2. The summed E-state index contributed by atoms with van der Waals surface area (Å²) in [6, 6.07) is 9.27. The van der Waals surface area contributed by atoms with Crippen LogP contribution in [0.15, 0.2) is 24.3 Å².